The zero-order valence-electron chi connectivity index (χ0n) is 19.5. The highest BCUT2D eigenvalue weighted by molar-refractivity contribution is 7.89. The van der Waals surface area contributed by atoms with E-state index in [1.807, 2.05) is 59.5 Å². The zero-order chi connectivity index (χ0) is 24.8. The van der Waals surface area contributed by atoms with Crippen LogP contribution in [0, 0.1) is 5.82 Å². The number of hydrogen-bond acceptors (Lipinski definition) is 5. The Hall–Kier alpha value is -3.43. The van der Waals surface area contributed by atoms with Crippen LogP contribution in [0.2, 0.25) is 0 Å². The number of hydrogen-bond donors (Lipinski definition) is 0. The number of halogens is 1. The van der Waals surface area contributed by atoms with Crippen LogP contribution in [-0.4, -0.2) is 63.4 Å². The molecule has 1 aliphatic rings. The van der Waals surface area contributed by atoms with Gasteiger partial charge in [-0.25, -0.2) is 12.8 Å². The first-order valence-corrected chi connectivity index (χ1v) is 12.8. The van der Waals surface area contributed by atoms with Gasteiger partial charge in [0, 0.05) is 38.4 Å². The van der Waals surface area contributed by atoms with Crippen molar-refractivity contribution in [2.24, 2.45) is 0 Å². The molecule has 1 aliphatic heterocycles. The Balaban J connectivity index is 1.43. The maximum absolute atomic E-state index is 13.5. The van der Waals surface area contributed by atoms with Crippen LogP contribution in [0.3, 0.4) is 0 Å². The Kier molecular flexibility index (Phi) is 7.67. The van der Waals surface area contributed by atoms with Gasteiger partial charge in [-0.15, -0.1) is 0 Å². The van der Waals surface area contributed by atoms with Crippen molar-refractivity contribution in [1.82, 2.24) is 9.21 Å². The molecular weight excluding hydrogens is 469 g/mol. The fraction of sp³-hybridized carbons (Fsp3) is 0.269. The fourth-order valence-corrected chi connectivity index (χ4v) is 5.51. The van der Waals surface area contributed by atoms with Crippen LogP contribution < -0.4 is 9.64 Å². The van der Waals surface area contributed by atoms with Crippen molar-refractivity contribution in [2.75, 3.05) is 44.7 Å². The molecule has 1 heterocycles. The van der Waals surface area contributed by atoms with Gasteiger partial charge in [0.25, 0.3) is 0 Å². The molecule has 9 heteroatoms. The van der Waals surface area contributed by atoms with Gasteiger partial charge in [0.05, 0.1) is 18.6 Å². The maximum atomic E-state index is 13.5. The fourth-order valence-electron chi connectivity index (χ4n) is 4.05. The lowest BCUT2D eigenvalue weighted by molar-refractivity contribution is -0.130. The normalized spacial score (nSPS) is 14.5. The lowest BCUT2D eigenvalue weighted by atomic mass is 10.2. The van der Waals surface area contributed by atoms with E-state index in [9.17, 15) is 17.6 Å². The van der Waals surface area contributed by atoms with Crippen molar-refractivity contribution in [1.29, 1.82) is 0 Å². The number of piperazine rings is 1. The molecule has 7 nitrogen and oxygen atoms in total. The van der Waals surface area contributed by atoms with Crippen molar-refractivity contribution in [2.45, 2.75) is 11.4 Å². The molecule has 35 heavy (non-hydrogen) atoms. The number of nitrogens with zero attached hydrogens (tertiary/aromatic N) is 3. The molecule has 0 unspecified atom stereocenters. The summed E-state index contributed by atoms with van der Waals surface area (Å²) in [7, 11) is -2.21. The predicted molar refractivity (Wildman–Crippen MR) is 132 cm³/mol. The minimum absolute atomic E-state index is 0.0779. The summed E-state index contributed by atoms with van der Waals surface area (Å²) in [6.45, 7) is 1.56. The second-order valence-corrected chi connectivity index (χ2v) is 10.2. The van der Waals surface area contributed by atoms with Gasteiger partial charge in [0.15, 0.2) is 0 Å². The van der Waals surface area contributed by atoms with E-state index < -0.39 is 15.8 Å². The first-order valence-electron chi connectivity index (χ1n) is 11.3. The molecule has 3 aromatic carbocycles. The Morgan fingerprint density at radius 2 is 1.63 bits per heavy atom. The number of carbonyl (C=O) groups excluding carboxylic acids is 1. The van der Waals surface area contributed by atoms with Gasteiger partial charge in [-0.2, -0.15) is 4.31 Å². The summed E-state index contributed by atoms with van der Waals surface area (Å²) in [5.74, 6) is 0.0480. The number of sulfonamides is 1. The molecule has 0 radical (unpaired) electrons. The smallest absolute Gasteiger partial charge is 0.243 e. The van der Waals surface area contributed by atoms with Gasteiger partial charge < -0.3 is 14.5 Å². The highest BCUT2D eigenvalue weighted by Crippen LogP contribution is 2.22. The monoisotopic (exact) mass is 497 g/mol. The van der Waals surface area contributed by atoms with Gasteiger partial charge in [-0.3, -0.25) is 4.79 Å². The molecule has 0 atom stereocenters. The van der Waals surface area contributed by atoms with Gasteiger partial charge in [0.2, 0.25) is 15.9 Å². The molecule has 0 aliphatic carbocycles. The molecule has 1 saturated heterocycles. The zero-order valence-corrected chi connectivity index (χ0v) is 20.3. The van der Waals surface area contributed by atoms with Gasteiger partial charge in [0.1, 0.15) is 11.6 Å². The van der Waals surface area contributed by atoms with Crippen LogP contribution in [0.5, 0.6) is 5.75 Å². The van der Waals surface area contributed by atoms with Gasteiger partial charge >= 0.3 is 0 Å². The molecule has 3 aromatic rings. The molecule has 4 rings (SSSR count). The molecule has 0 N–H and O–H groups in total. The van der Waals surface area contributed by atoms with Crippen molar-refractivity contribution in [3.63, 3.8) is 0 Å². The van der Waals surface area contributed by atoms with E-state index in [1.54, 1.807) is 12.0 Å². The minimum atomic E-state index is -3.81. The Morgan fingerprint density at radius 3 is 2.26 bits per heavy atom. The number of benzene rings is 3. The number of amides is 1. The first kappa shape index (κ1) is 24.7. The second kappa shape index (κ2) is 10.9. The molecule has 0 saturated carbocycles. The minimum Gasteiger partial charge on any atom is -0.497 e. The average Bonchev–Trinajstić information content (AvgIpc) is 2.89. The van der Waals surface area contributed by atoms with Crippen LogP contribution in [0.25, 0.3) is 0 Å². The summed E-state index contributed by atoms with van der Waals surface area (Å²) in [5.41, 5.74) is 1.96. The SMILES string of the molecule is COc1ccc(N(CC(=O)N2CCN(S(=O)(=O)c3cccc(F)c3)CC2)Cc2ccccc2)cc1. The highest BCUT2D eigenvalue weighted by atomic mass is 32.2. The molecule has 0 spiro atoms. The van der Waals surface area contributed by atoms with Crippen LogP contribution in [0.15, 0.2) is 83.8 Å². The van der Waals surface area contributed by atoms with Crippen LogP contribution in [0.4, 0.5) is 10.1 Å². The van der Waals surface area contributed by atoms with Crippen molar-refractivity contribution >= 4 is 21.6 Å². The second-order valence-electron chi connectivity index (χ2n) is 8.28. The van der Waals surface area contributed by atoms with E-state index in [1.165, 1.54) is 22.5 Å². The van der Waals surface area contributed by atoms with Crippen LogP contribution >= 0.6 is 0 Å². The van der Waals surface area contributed by atoms with E-state index in [2.05, 4.69) is 0 Å². The molecule has 1 amide bonds. The number of anilines is 1. The lowest BCUT2D eigenvalue weighted by Crippen LogP contribution is -2.52. The standard InChI is InChI=1S/C26H28FN3O4S/c1-34-24-12-10-23(11-13-24)29(19-21-6-3-2-4-7-21)20-26(31)28-14-16-30(17-15-28)35(32,33)25-9-5-8-22(27)18-25/h2-13,18H,14-17,19-20H2,1H3. The first-order chi connectivity index (χ1) is 16.9. The number of carbonyl (C=O) groups is 1. The van der Waals surface area contributed by atoms with Gasteiger partial charge in [-0.05, 0) is 48.0 Å². The molecule has 184 valence electrons. The van der Waals surface area contributed by atoms with E-state index >= 15 is 0 Å². The van der Waals surface area contributed by atoms with E-state index in [-0.39, 0.29) is 43.5 Å². The summed E-state index contributed by atoms with van der Waals surface area (Å²) in [5, 5.41) is 0. The highest BCUT2D eigenvalue weighted by Gasteiger charge is 2.30. The largest absolute Gasteiger partial charge is 0.497 e. The topological polar surface area (TPSA) is 70.2 Å². The maximum Gasteiger partial charge on any atom is 0.243 e. The van der Waals surface area contributed by atoms with Crippen LogP contribution in [0.1, 0.15) is 5.56 Å². The van der Waals surface area contributed by atoms with E-state index in [0.717, 1.165) is 23.1 Å². The van der Waals surface area contributed by atoms with E-state index in [4.69, 9.17) is 4.74 Å². The summed E-state index contributed by atoms with van der Waals surface area (Å²) in [6.07, 6.45) is 0. The Morgan fingerprint density at radius 1 is 0.943 bits per heavy atom. The third-order valence-corrected chi connectivity index (χ3v) is 7.90. The third kappa shape index (κ3) is 5.98. The number of ether oxygens (including phenoxy) is 1. The number of rotatable bonds is 8. The average molecular weight is 498 g/mol. The number of methoxy groups -OCH3 is 1. The van der Waals surface area contributed by atoms with E-state index in [0.29, 0.717) is 6.54 Å². The van der Waals surface area contributed by atoms with Gasteiger partial charge in [-0.1, -0.05) is 36.4 Å². The van der Waals surface area contributed by atoms with Crippen molar-refractivity contribution in [3.8, 4) is 5.75 Å². The molecule has 0 aromatic heterocycles. The Labute approximate surface area is 205 Å². The molecular formula is C26H28FN3O4S. The Bertz CT molecular complexity index is 1250. The summed E-state index contributed by atoms with van der Waals surface area (Å²) in [4.78, 5) is 16.8. The van der Waals surface area contributed by atoms with Crippen molar-refractivity contribution < 1.29 is 22.3 Å². The summed E-state index contributed by atoms with van der Waals surface area (Å²) >= 11 is 0. The summed E-state index contributed by atoms with van der Waals surface area (Å²) in [6, 6.07) is 22.4. The lowest BCUT2D eigenvalue weighted by Gasteiger charge is -2.35. The molecule has 0 bridgehead atoms. The predicted octanol–water partition coefficient (Wildman–Crippen LogP) is 3.37. The summed E-state index contributed by atoms with van der Waals surface area (Å²) < 4.78 is 45.8. The third-order valence-electron chi connectivity index (χ3n) is 6.01. The molecule has 1 fully saturated rings. The van der Waals surface area contributed by atoms with Crippen molar-refractivity contribution in [3.05, 3.63) is 90.2 Å². The quantitative estimate of drug-likeness (QED) is 0.477. The van der Waals surface area contributed by atoms with Crippen LogP contribution in [-0.2, 0) is 21.4 Å².